The van der Waals surface area contributed by atoms with Crippen molar-refractivity contribution < 1.29 is 9.13 Å². The molecule has 0 bridgehead atoms. The minimum Gasteiger partial charge on any atom is -0.374 e. The van der Waals surface area contributed by atoms with E-state index in [2.05, 4.69) is 22.9 Å². The van der Waals surface area contributed by atoms with Gasteiger partial charge in [0.05, 0.1) is 5.60 Å². The number of ether oxygens (including phenoxy) is 1. The van der Waals surface area contributed by atoms with Crippen LogP contribution >= 0.6 is 15.9 Å². The Morgan fingerprint density at radius 2 is 2.11 bits per heavy atom. The average molecular weight is 318 g/mol. The molecule has 0 amide bonds. The summed E-state index contributed by atoms with van der Waals surface area (Å²) in [6.45, 7) is 6.64. The lowest BCUT2D eigenvalue weighted by Crippen LogP contribution is -2.48. The Kier molecular flexibility index (Phi) is 5.76. The maximum atomic E-state index is 13.2. The Morgan fingerprint density at radius 1 is 1.44 bits per heavy atom. The van der Waals surface area contributed by atoms with Crippen LogP contribution in [0.15, 0.2) is 22.7 Å². The molecule has 2 unspecified atom stereocenters. The van der Waals surface area contributed by atoms with Gasteiger partial charge in [-0.3, -0.25) is 0 Å². The van der Waals surface area contributed by atoms with Gasteiger partial charge in [-0.05, 0) is 50.5 Å². The highest BCUT2D eigenvalue weighted by molar-refractivity contribution is 9.10. The largest absolute Gasteiger partial charge is 0.374 e. The van der Waals surface area contributed by atoms with Gasteiger partial charge in [0.1, 0.15) is 5.82 Å². The van der Waals surface area contributed by atoms with Crippen LogP contribution < -0.4 is 5.73 Å². The van der Waals surface area contributed by atoms with Crippen LogP contribution in [0.2, 0.25) is 0 Å². The topological polar surface area (TPSA) is 35.2 Å². The van der Waals surface area contributed by atoms with E-state index in [0.29, 0.717) is 13.0 Å². The van der Waals surface area contributed by atoms with E-state index in [1.807, 2.05) is 13.8 Å². The molecule has 0 heterocycles. The maximum Gasteiger partial charge on any atom is 0.123 e. The highest BCUT2D eigenvalue weighted by Gasteiger charge is 2.30. The fraction of sp³-hybridized carbons (Fsp3) is 0.571. The van der Waals surface area contributed by atoms with Crippen LogP contribution in [-0.2, 0) is 11.2 Å². The van der Waals surface area contributed by atoms with Crippen molar-refractivity contribution >= 4 is 15.9 Å². The molecule has 0 aromatic heterocycles. The van der Waals surface area contributed by atoms with Crippen molar-refractivity contribution in [2.24, 2.45) is 5.73 Å². The first-order chi connectivity index (χ1) is 8.42. The van der Waals surface area contributed by atoms with Crippen LogP contribution in [0.3, 0.4) is 0 Å². The van der Waals surface area contributed by atoms with Gasteiger partial charge in [0.2, 0.25) is 0 Å². The van der Waals surface area contributed by atoms with E-state index in [1.165, 1.54) is 12.1 Å². The summed E-state index contributed by atoms with van der Waals surface area (Å²) in [5.41, 5.74) is 6.73. The Labute approximate surface area is 117 Å². The van der Waals surface area contributed by atoms with Crippen LogP contribution in [0.1, 0.15) is 32.8 Å². The third-order valence-electron chi connectivity index (χ3n) is 3.41. The minimum absolute atomic E-state index is 0.166. The fourth-order valence-corrected chi connectivity index (χ4v) is 2.36. The summed E-state index contributed by atoms with van der Waals surface area (Å²) in [5, 5.41) is 0. The third kappa shape index (κ3) is 3.77. The van der Waals surface area contributed by atoms with Crippen molar-refractivity contribution in [3.63, 3.8) is 0 Å². The normalized spacial score (nSPS) is 16.3. The highest BCUT2D eigenvalue weighted by Crippen LogP contribution is 2.25. The van der Waals surface area contributed by atoms with Gasteiger partial charge in [-0.25, -0.2) is 4.39 Å². The molecule has 0 spiro atoms. The molecular weight excluding hydrogens is 297 g/mol. The van der Waals surface area contributed by atoms with Crippen molar-refractivity contribution in [3.05, 3.63) is 34.1 Å². The molecular formula is C14H21BrFNO. The average Bonchev–Trinajstić information content (AvgIpc) is 2.34. The van der Waals surface area contributed by atoms with Crippen LogP contribution in [0.4, 0.5) is 4.39 Å². The monoisotopic (exact) mass is 317 g/mol. The molecule has 2 atom stereocenters. The predicted octanol–water partition coefficient (Wildman–Crippen LogP) is 3.66. The van der Waals surface area contributed by atoms with Crippen molar-refractivity contribution in [2.45, 2.75) is 45.3 Å². The lowest BCUT2D eigenvalue weighted by Gasteiger charge is -2.34. The van der Waals surface area contributed by atoms with Crippen molar-refractivity contribution in [2.75, 3.05) is 6.61 Å². The van der Waals surface area contributed by atoms with Crippen molar-refractivity contribution in [1.29, 1.82) is 0 Å². The van der Waals surface area contributed by atoms with E-state index in [9.17, 15) is 4.39 Å². The number of halogens is 2. The Balaban J connectivity index is 2.85. The fourth-order valence-electron chi connectivity index (χ4n) is 1.95. The Morgan fingerprint density at radius 3 is 2.67 bits per heavy atom. The van der Waals surface area contributed by atoms with E-state index < -0.39 is 0 Å². The zero-order chi connectivity index (χ0) is 13.8. The van der Waals surface area contributed by atoms with Crippen molar-refractivity contribution in [3.8, 4) is 0 Å². The van der Waals surface area contributed by atoms with E-state index in [0.717, 1.165) is 16.5 Å². The second-order valence-electron chi connectivity index (χ2n) is 4.65. The van der Waals surface area contributed by atoms with E-state index in [4.69, 9.17) is 10.5 Å². The molecule has 102 valence electrons. The number of benzene rings is 1. The smallest absolute Gasteiger partial charge is 0.123 e. The first kappa shape index (κ1) is 15.6. The number of rotatable bonds is 6. The summed E-state index contributed by atoms with van der Waals surface area (Å²) >= 11 is 3.42. The van der Waals surface area contributed by atoms with Crippen LogP contribution in [-0.4, -0.2) is 18.2 Å². The molecule has 4 heteroatoms. The number of hydrogen-bond donors (Lipinski definition) is 1. The van der Waals surface area contributed by atoms with Crippen LogP contribution in [0.5, 0.6) is 0 Å². The summed E-state index contributed by atoms with van der Waals surface area (Å²) in [6, 6.07) is 4.49. The van der Waals surface area contributed by atoms with Crippen molar-refractivity contribution in [1.82, 2.24) is 0 Å². The standard InChI is InChI=1S/C14H21BrFNO/c1-4-14(3,18-5-2)13(17)9-10-8-11(16)6-7-12(10)15/h6-8,13H,4-5,9,17H2,1-3H3. The molecule has 18 heavy (non-hydrogen) atoms. The van der Waals surface area contributed by atoms with Gasteiger partial charge in [-0.15, -0.1) is 0 Å². The lowest BCUT2D eigenvalue weighted by atomic mass is 9.89. The van der Waals surface area contributed by atoms with Gasteiger partial charge < -0.3 is 10.5 Å². The second kappa shape index (κ2) is 6.64. The molecule has 0 aliphatic carbocycles. The molecule has 1 aromatic rings. The summed E-state index contributed by atoms with van der Waals surface area (Å²) < 4.78 is 19.9. The first-order valence-corrected chi connectivity index (χ1v) is 7.05. The molecule has 0 saturated heterocycles. The summed E-state index contributed by atoms with van der Waals surface area (Å²) in [7, 11) is 0. The van der Waals surface area contributed by atoms with Crippen LogP contribution in [0.25, 0.3) is 0 Å². The van der Waals surface area contributed by atoms with Gasteiger partial charge in [0.25, 0.3) is 0 Å². The highest BCUT2D eigenvalue weighted by atomic mass is 79.9. The molecule has 2 nitrogen and oxygen atoms in total. The number of nitrogens with two attached hydrogens (primary N) is 1. The Bertz CT molecular complexity index is 399. The summed E-state index contributed by atoms with van der Waals surface area (Å²) in [5.74, 6) is -0.241. The van der Waals surface area contributed by atoms with Gasteiger partial charge >= 0.3 is 0 Å². The zero-order valence-corrected chi connectivity index (χ0v) is 12.8. The van der Waals surface area contributed by atoms with Gasteiger partial charge in [-0.2, -0.15) is 0 Å². The summed E-state index contributed by atoms with van der Waals surface area (Å²) in [6.07, 6.45) is 1.41. The molecule has 0 fully saturated rings. The predicted molar refractivity (Wildman–Crippen MR) is 76.1 cm³/mol. The molecule has 1 aromatic carbocycles. The second-order valence-corrected chi connectivity index (χ2v) is 5.50. The SMILES string of the molecule is CCOC(C)(CC)C(N)Cc1cc(F)ccc1Br. The lowest BCUT2D eigenvalue weighted by molar-refractivity contribution is -0.0461. The van der Waals surface area contributed by atoms with E-state index in [-0.39, 0.29) is 17.5 Å². The van der Waals surface area contributed by atoms with Gasteiger partial charge in [0.15, 0.2) is 0 Å². The third-order valence-corrected chi connectivity index (χ3v) is 4.18. The molecule has 2 N–H and O–H groups in total. The van der Waals surface area contributed by atoms with Gasteiger partial charge in [0, 0.05) is 17.1 Å². The maximum absolute atomic E-state index is 13.2. The zero-order valence-electron chi connectivity index (χ0n) is 11.2. The van der Waals surface area contributed by atoms with E-state index in [1.54, 1.807) is 6.07 Å². The molecule has 1 rings (SSSR count). The quantitative estimate of drug-likeness (QED) is 0.869. The molecule has 0 radical (unpaired) electrons. The van der Waals surface area contributed by atoms with E-state index >= 15 is 0 Å². The van der Waals surface area contributed by atoms with Crippen LogP contribution in [0, 0.1) is 5.82 Å². The first-order valence-electron chi connectivity index (χ1n) is 6.26. The number of hydrogen-bond acceptors (Lipinski definition) is 2. The molecule has 0 aliphatic heterocycles. The van der Waals surface area contributed by atoms with Gasteiger partial charge in [-0.1, -0.05) is 22.9 Å². The Hall–Kier alpha value is -0.450. The summed E-state index contributed by atoms with van der Waals surface area (Å²) in [4.78, 5) is 0. The molecule has 0 saturated carbocycles. The minimum atomic E-state index is -0.374. The molecule has 0 aliphatic rings.